The Labute approximate surface area is 202 Å². The monoisotopic (exact) mass is 495 g/mol. The number of hydrogen-bond donors (Lipinski definition) is 5. The summed E-state index contributed by atoms with van der Waals surface area (Å²) in [6.45, 7) is 6.10. The Morgan fingerprint density at radius 1 is 1.35 bits per heavy atom. The van der Waals surface area contributed by atoms with Crippen LogP contribution in [0, 0.1) is 17.8 Å². The molecule has 0 spiro atoms. The summed E-state index contributed by atoms with van der Waals surface area (Å²) in [5, 5.41) is 26.1. The van der Waals surface area contributed by atoms with E-state index in [-0.39, 0.29) is 53.2 Å². The Morgan fingerprint density at radius 2 is 2.09 bits per heavy atom. The van der Waals surface area contributed by atoms with Crippen molar-refractivity contribution in [1.82, 2.24) is 20.4 Å². The maximum atomic E-state index is 13.0. The third kappa shape index (κ3) is 4.56. The first-order valence-corrected chi connectivity index (χ1v) is 12.6. The normalized spacial score (nSPS) is 33.8. The van der Waals surface area contributed by atoms with Crippen LogP contribution < -0.4 is 16.4 Å². The highest BCUT2D eigenvalue weighted by molar-refractivity contribution is 8.03. The number of β-lactam (4-membered cyclic amide) rings is 1. The van der Waals surface area contributed by atoms with Gasteiger partial charge in [0.1, 0.15) is 5.70 Å². The lowest BCUT2D eigenvalue weighted by atomic mass is 9.79. The standard InChI is InChI=1S/C22H33N5O6S/c1-10-17-16(11(2)28)21(31)27(17)18(22(32)33)19(10)34-13-5-14(25-7-13)20(30)26-4-3-12(9-26)6-24-8-15(23)29/h10-14,16-17,24-25,28H,3-9H2,1-2H3,(H2,23,29)(H,32,33)/t10-,11-,12-,13+,14+,16-,17-/m1/s1. The number of aliphatic carboxylic acids is 1. The Kier molecular flexibility index (Phi) is 7.22. The number of hydrogen-bond acceptors (Lipinski definition) is 8. The van der Waals surface area contributed by atoms with Crippen LogP contribution in [-0.2, 0) is 19.2 Å². The van der Waals surface area contributed by atoms with E-state index in [1.54, 1.807) is 6.92 Å². The summed E-state index contributed by atoms with van der Waals surface area (Å²) in [5.41, 5.74) is 5.16. The number of carbonyl (C=O) groups is 4. The molecule has 3 amide bonds. The predicted molar refractivity (Wildman–Crippen MR) is 124 cm³/mol. The van der Waals surface area contributed by atoms with Gasteiger partial charge in [0.2, 0.25) is 17.7 Å². The molecule has 34 heavy (non-hydrogen) atoms. The van der Waals surface area contributed by atoms with Crippen molar-refractivity contribution in [3.8, 4) is 0 Å². The van der Waals surface area contributed by atoms with Crippen molar-refractivity contribution in [3.63, 3.8) is 0 Å². The number of thioether (sulfide) groups is 1. The summed E-state index contributed by atoms with van der Waals surface area (Å²) >= 11 is 1.44. The number of carboxylic acid groups (broad SMARTS) is 1. The number of primary amides is 1. The van der Waals surface area contributed by atoms with Gasteiger partial charge in [-0.25, -0.2) is 4.79 Å². The van der Waals surface area contributed by atoms with Gasteiger partial charge in [0.25, 0.3) is 0 Å². The van der Waals surface area contributed by atoms with Gasteiger partial charge in [-0.1, -0.05) is 6.92 Å². The largest absolute Gasteiger partial charge is 0.477 e. The fraction of sp³-hybridized carbons (Fsp3) is 0.727. The van der Waals surface area contributed by atoms with Crippen LogP contribution in [0.2, 0.25) is 0 Å². The van der Waals surface area contributed by atoms with Crippen molar-refractivity contribution in [3.05, 3.63) is 10.6 Å². The maximum absolute atomic E-state index is 13.0. The first kappa shape index (κ1) is 25.0. The second kappa shape index (κ2) is 9.84. The van der Waals surface area contributed by atoms with Crippen LogP contribution in [0.3, 0.4) is 0 Å². The topological polar surface area (TPSA) is 165 Å². The first-order valence-electron chi connectivity index (χ1n) is 11.8. The smallest absolute Gasteiger partial charge is 0.353 e. The molecule has 188 valence electrons. The molecule has 4 heterocycles. The average molecular weight is 496 g/mol. The third-order valence-electron chi connectivity index (χ3n) is 7.32. The number of nitrogens with zero attached hydrogens (tertiary/aromatic N) is 2. The molecule has 0 aromatic carbocycles. The summed E-state index contributed by atoms with van der Waals surface area (Å²) in [7, 11) is 0. The molecule has 4 aliphatic heterocycles. The quantitative estimate of drug-likeness (QED) is 0.240. The number of nitrogens with one attached hydrogen (secondary N) is 2. The van der Waals surface area contributed by atoms with E-state index < -0.39 is 23.9 Å². The Bertz CT molecular complexity index is 910. The zero-order valence-electron chi connectivity index (χ0n) is 19.4. The molecule has 0 saturated carbocycles. The molecule has 3 saturated heterocycles. The predicted octanol–water partition coefficient (Wildman–Crippen LogP) is -1.47. The number of amides is 3. The molecule has 6 N–H and O–H groups in total. The van der Waals surface area contributed by atoms with E-state index in [4.69, 9.17) is 5.73 Å². The van der Waals surface area contributed by atoms with Crippen molar-refractivity contribution in [2.75, 3.05) is 32.7 Å². The van der Waals surface area contributed by atoms with Gasteiger partial charge in [-0.2, -0.15) is 0 Å². The SMILES string of the molecule is C[C@@H](O)[C@H]1C(=O)N2C(C(=O)O)=C(S[C@@H]3CN[C@H](C(=O)N4CC[C@H](CNCC(N)=O)C4)C3)[C@H](C)[C@H]12. The summed E-state index contributed by atoms with van der Waals surface area (Å²) in [4.78, 5) is 52.2. The summed E-state index contributed by atoms with van der Waals surface area (Å²) < 4.78 is 0. The molecule has 0 aromatic heterocycles. The van der Waals surface area contributed by atoms with E-state index in [0.717, 1.165) is 6.42 Å². The van der Waals surface area contributed by atoms with Gasteiger partial charge in [-0.05, 0) is 25.7 Å². The highest BCUT2D eigenvalue weighted by Crippen LogP contribution is 2.51. The zero-order valence-corrected chi connectivity index (χ0v) is 20.2. The number of aliphatic hydroxyl groups excluding tert-OH is 1. The lowest BCUT2D eigenvalue weighted by molar-refractivity contribution is -0.163. The number of aliphatic hydroxyl groups is 1. The summed E-state index contributed by atoms with van der Waals surface area (Å²) in [6.07, 6.45) is 0.609. The van der Waals surface area contributed by atoms with E-state index in [1.807, 2.05) is 11.8 Å². The van der Waals surface area contributed by atoms with Crippen LogP contribution in [0.25, 0.3) is 0 Å². The molecule has 0 unspecified atom stereocenters. The minimum atomic E-state index is -1.14. The zero-order chi connectivity index (χ0) is 24.7. The van der Waals surface area contributed by atoms with Gasteiger partial charge in [-0.3, -0.25) is 14.4 Å². The van der Waals surface area contributed by atoms with Crippen LogP contribution in [0.5, 0.6) is 0 Å². The molecule has 11 nitrogen and oxygen atoms in total. The van der Waals surface area contributed by atoms with E-state index >= 15 is 0 Å². The average Bonchev–Trinajstić information content (AvgIpc) is 3.46. The minimum Gasteiger partial charge on any atom is -0.477 e. The van der Waals surface area contributed by atoms with Gasteiger partial charge in [0.05, 0.1) is 30.7 Å². The second-order valence-corrected chi connectivity index (χ2v) is 11.1. The lowest BCUT2D eigenvalue weighted by Crippen LogP contribution is -2.63. The van der Waals surface area contributed by atoms with E-state index in [0.29, 0.717) is 37.5 Å². The van der Waals surface area contributed by atoms with Crippen LogP contribution in [0.4, 0.5) is 0 Å². The summed E-state index contributed by atoms with van der Waals surface area (Å²) in [5.74, 6) is -2.33. The van der Waals surface area contributed by atoms with Crippen LogP contribution in [-0.4, -0.2) is 99.9 Å². The van der Waals surface area contributed by atoms with E-state index in [9.17, 15) is 29.4 Å². The van der Waals surface area contributed by atoms with Crippen LogP contribution in [0.15, 0.2) is 10.6 Å². The molecular weight excluding hydrogens is 462 g/mol. The molecule has 0 aromatic rings. The fourth-order valence-corrected chi connectivity index (χ4v) is 7.14. The van der Waals surface area contributed by atoms with Crippen molar-refractivity contribution in [2.24, 2.45) is 23.5 Å². The molecule has 7 atom stereocenters. The minimum absolute atomic E-state index is 0.00943. The van der Waals surface area contributed by atoms with E-state index in [1.165, 1.54) is 16.7 Å². The molecule has 12 heteroatoms. The van der Waals surface area contributed by atoms with Gasteiger partial charge in [0, 0.05) is 42.3 Å². The molecule has 0 radical (unpaired) electrons. The van der Waals surface area contributed by atoms with E-state index in [2.05, 4.69) is 10.6 Å². The Hall–Kier alpha value is -2.15. The molecular formula is C22H33N5O6S. The number of rotatable bonds is 9. The number of carboxylic acids is 1. The fourth-order valence-electron chi connectivity index (χ4n) is 5.66. The Balaban J connectivity index is 1.34. The van der Waals surface area contributed by atoms with Crippen molar-refractivity contribution in [1.29, 1.82) is 0 Å². The molecule has 4 aliphatic rings. The Morgan fingerprint density at radius 3 is 2.74 bits per heavy atom. The maximum Gasteiger partial charge on any atom is 0.353 e. The van der Waals surface area contributed by atoms with Gasteiger partial charge >= 0.3 is 5.97 Å². The highest BCUT2D eigenvalue weighted by atomic mass is 32.2. The van der Waals surface area contributed by atoms with Crippen molar-refractivity contribution >= 4 is 35.5 Å². The summed E-state index contributed by atoms with van der Waals surface area (Å²) in [6, 6.07) is -0.665. The molecule has 4 rings (SSSR count). The number of likely N-dealkylation sites (tertiary alicyclic amines) is 1. The number of fused-ring (bicyclic) bond motifs is 1. The van der Waals surface area contributed by atoms with Crippen LogP contribution in [0.1, 0.15) is 26.7 Å². The van der Waals surface area contributed by atoms with Crippen LogP contribution >= 0.6 is 11.8 Å². The molecule has 3 fully saturated rings. The van der Waals surface area contributed by atoms with Gasteiger partial charge in [0.15, 0.2) is 0 Å². The third-order valence-corrected chi connectivity index (χ3v) is 8.83. The van der Waals surface area contributed by atoms with Crippen molar-refractivity contribution < 1.29 is 29.4 Å². The highest BCUT2D eigenvalue weighted by Gasteiger charge is 2.60. The lowest BCUT2D eigenvalue weighted by Gasteiger charge is -2.46. The van der Waals surface area contributed by atoms with Gasteiger partial charge in [-0.15, -0.1) is 11.8 Å². The number of carbonyl (C=O) groups excluding carboxylic acids is 3. The van der Waals surface area contributed by atoms with Crippen molar-refractivity contribution in [2.45, 2.75) is 50.1 Å². The number of nitrogens with two attached hydrogens (primary N) is 1. The first-order chi connectivity index (χ1) is 16.1. The molecule has 0 bridgehead atoms. The second-order valence-electron chi connectivity index (χ2n) is 9.74. The molecule has 0 aliphatic carbocycles. The van der Waals surface area contributed by atoms with Gasteiger partial charge < -0.3 is 36.4 Å².